The third-order valence-corrected chi connectivity index (χ3v) is 5.19. The van der Waals surface area contributed by atoms with Crippen LogP contribution in [0, 0.1) is 0 Å². The second-order valence-electron chi connectivity index (χ2n) is 7.75. The van der Waals surface area contributed by atoms with Gasteiger partial charge in [-0.2, -0.15) is 4.68 Å². The van der Waals surface area contributed by atoms with Gasteiger partial charge in [-0.05, 0) is 59.0 Å². The molecule has 1 heterocycles. The number of aromatic nitrogens is 4. The van der Waals surface area contributed by atoms with Crippen LogP contribution in [0.25, 0.3) is 11.8 Å². The number of carbonyl (C=O) groups is 3. The highest BCUT2D eigenvalue weighted by Crippen LogP contribution is 2.20. The summed E-state index contributed by atoms with van der Waals surface area (Å²) in [5.41, 5.74) is 2.08. The molecule has 0 aliphatic heterocycles. The summed E-state index contributed by atoms with van der Waals surface area (Å²) in [6, 6.07) is 10.8. The van der Waals surface area contributed by atoms with Crippen LogP contribution in [0.5, 0.6) is 0 Å². The number of rotatable bonds is 10. The summed E-state index contributed by atoms with van der Waals surface area (Å²) in [5.74, 6) is -1.58. The third-order valence-electron chi connectivity index (χ3n) is 4.95. The van der Waals surface area contributed by atoms with Crippen molar-refractivity contribution in [3.8, 4) is 5.69 Å². The van der Waals surface area contributed by atoms with Crippen LogP contribution in [0.2, 0.25) is 5.02 Å². The molecule has 3 N–H and O–H groups in total. The summed E-state index contributed by atoms with van der Waals surface area (Å²) in [6.07, 6.45) is 4.42. The van der Waals surface area contributed by atoms with Crippen LogP contribution >= 0.6 is 11.6 Å². The van der Waals surface area contributed by atoms with E-state index in [0.29, 0.717) is 22.0 Å². The highest BCUT2D eigenvalue weighted by molar-refractivity contribution is 6.30. The standard InChI is InChI=1S/C23H24ClN7O4/c1-30(2)22(33)12-19(13-25-18-7-3-15(4-8-18)23(34)35)27-21(32)10-5-16-11-17(24)6-9-20(16)31-14-26-28-29-31/h3-11,14,19,25H,12-13H2,1-2H3,(H,27,32)(H,34,35)/b10-5+. The summed E-state index contributed by atoms with van der Waals surface area (Å²) in [7, 11) is 3.28. The van der Waals surface area contributed by atoms with Crippen molar-refractivity contribution >= 4 is 41.1 Å². The Morgan fingerprint density at radius 1 is 1.17 bits per heavy atom. The normalized spacial score (nSPS) is 11.7. The van der Waals surface area contributed by atoms with Gasteiger partial charge in [-0.1, -0.05) is 11.6 Å². The molecule has 2 amide bonds. The molecule has 12 heteroatoms. The Balaban J connectivity index is 1.70. The number of anilines is 1. The summed E-state index contributed by atoms with van der Waals surface area (Å²) in [6.45, 7) is 0.249. The molecule has 3 aromatic rings. The van der Waals surface area contributed by atoms with Crippen molar-refractivity contribution < 1.29 is 19.5 Å². The predicted octanol–water partition coefficient (Wildman–Crippen LogP) is 2.10. The predicted molar refractivity (Wildman–Crippen MR) is 130 cm³/mol. The second kappa shape index (κ2) is 11.7. The molecule has 35 heavy (non-hydrogen) atoms. The number of aromatic carboxylic acids is 1. The van der Waals surface area contributed by atoms with Crippen LogP contribution in [-0.4, -0.2) is 74.7 Å². The summed E-state index contributed by atoms with van der Waals surface area (Å²) >= 11 is 6.11. The van der Waals surface area contributed by atoms with Crippen molar-refractivity contribution in [1.29, 1.82) is 0 Å². The molecule has 3 rings (SSSR count). The fraction of sp³-hybridized carbons (Fsp3) is 0.217. The minimum Gasteiger partial charge on any atom is -0.478 e. The second-order valence-corrected chi connectivity index (χ2v) is 8.19. The SMILES string of the molecule is CN(C)C(=O)CC(CNc1ccc(C(=O)O)cc1)NC(=O)/C=C/c1cc(Cl)ccc1-n1cnnn1. The molecular formula is C23H24ClN7O4. The van der Waals surface area contributed by atoms with Gasteiger partial charge >= 0.3 is 5.97 Å². The van der Waals surface area contributed by atoms with Gasteiger partial charge in [0.05, 0.1) is 17.3 Å². The lowest BCUT2D eigenvalue weighted by atomic mass is 10.1. The molecule has 0 saturated heterocycles. The number of halogens is 1. The van der Waals surface area contributed by atoms with Gasteiger partial charge in [-0.25, -0.2) is 4.79 Å². The number of nitrogens with zero attached hydrogens (tertiary/aromatic N) is 5. The lowest BCUT2D eigenvalue weighted by Gasteiger charge is -2.21. The fourth-order valence-electron chi connectivity index (χ4n) is 3.09. The van der Waals surface area contributed by atoms with E-state index in [1.165, 1.54) is 34.1 Å². The third kappa shape index (κ3) is 7.37. The molecular weight excluding hydrogens is 474 g/mol. The van der Waals surface area contributed by atoms with E-state index in [1.807, 2.05) is 0 Å². The molecule has 0 radical (unpaired) electrons. The average molecular weight is 498 g/mol. The molecule has 182 valence electrons. The van der Waals surface area contributed by atoms with E-state index < -0.39 is 17.9 Å². The minimum absolute atomic E-state index is 0.0693. The van der Waals surface area contributed by atoms with Gasteiger partial charge in [-0.3, -0.25) is 9.59 Å². The van der Waals surface area contributed by atoms with E-state index in [2.05, 4.69) is 26.2 Å². The Labute approximate surface area is 206 Å². The van der Waals surface area contributed by atoms with E-state index in [1.54, 1.807) is 50.5 Å². The summed E-state index contributed by atoms with van der Waals surface area (Å²) in [4.78, 5) is 37.4. The van der Waals surface area contributed by atoms with Crippen molar-refractivity contribution in [3.63, 3.8) is 0 Å². The van der Waals surface area contributed by atoms with Crippen LogP contribution in [0.4, 0.5) is 5.69 Å². The Hall–Kier alpha value is -4.25. The van der Waals surface area contributed by atoms with Crippen LogP contribution in [-0.2, 0) is 9.59 Å². The van der Waals surface area contributed by atoms with Crippen LogP contribution in [0.1, 0.15) is 22.3 Å². The zero-order chi connectivity index (χ0) is 25.4. The first kappa shape index (κ1) is 25.4. The molecule has 0 aliphatic carbocycles. The van der Waals surface area contributed by atoms with Crippen molar-refractivity contribution in [2.24, 2.45) is 0 Å². The first-order chi connectivity index (χ1) is 16.7. The van der Waals surface area contributed by atoms with E-state index >= 15 is 0 Å². The molecule has 1 aromatic heterocycles. The molecule has 0 spiro atoms. The Kier molecular flexibility index (Phi) is 8.52. The van der Waals surface area contributed by atoms with Crippen molar-refractivity contribution in [1.82, 2.24) is 30.4 Å². The molecule has 0 aliphatic rings. The molecule has 0 bridgehead atoms. The molecule has 1 atom stereocenters. The van der Waals surface area contributed by atoms with E-state index in [4.69, 9.17) is 16.7 Å². The molecule has 2 aromatic carbocycles. The average Bonchev–Trinajstić information content (AvgIpc) is 3.36. The first-order valence-corrected chi connectivity index (χ1v) is 10.9. The molecule has 1 unspecified atom stereocenters. The number of amides is 2. The van der Waals surface area contributed by atoms with E-state index in [9.17, 15) is 14.4 Å². The van der Waals surface area contributed by atoms with Gasteiger partial charge < -0.3 is 20.6 Å². The monoisotopic (exact) mass is 497 g/mol. The van der Waals surface area contributed by atoms with Gasteiger partial charge in [-0.15, -0.1) is 5.10 Å². The highest BCUT2D eigenvalue weighted by atomic mass is 35.5. The molecule has 11 nitrogen and oxygen atoms in total. The van der Waals surface area contributed by atoms with Crippen molar-refractivity contribution in [2.75, 3.05) is 26.0 Å². The Morgan fingerprint density at radius 3 is 2.54 bits per heavy atom. The fourth-order valence-corrected chi connectivity index (χ4v) is 3.27. The maximum Gasteiger partial charge on any atom is 0.335 e. The van der Waals surface area contributed by atoms with Crippen LogP contribution in [0.3, 0.4) is 0 Å². The van der Waals surface area contributed by atoms with E-state index in [0.717, 1.165) is 0 Å². The van der Waals surface area contributed by atoms with Gasteiger partial charge in [0.15, 0.2) is 0 Å². The summed E-state index contributed by atoms with van der Waals surface area (Å²) < 4.78 is 1.45. The molecule has 0 saturated carbocycles. The quantitative estimate of drug-likeness (QED) is 0.361. The largest absolute Gasteiger partial charge is 0.478 e. The maximum atomic E-state index is 12.7. The molecule has 0 fully saturated rings. The number of hydrogen-bond acceptors (Lipinski definition) is 7. The Morgan fingerprint density at radius 2 is 1.91 bits per heavy atom. The zero-order valence-corrected chi connectivity index (χ0v) is 19.8. The number of benzene rings is 2. The van der Waals surface area contributed by atoms with E-state index in [-0.39, 0.29) is 24.4 Å². The summed E-state index contributed by atoms with van der Waals surface area (Å²) in [5, 5.41) is 26.6. The lowest BCUT2D eigenvalue weighted by molar-refractivity contribution is -0.129. The van der Waals surface area contributed by atoms with Gasteiger partial charge in [0.1, 0.15) is 6.33 Å². The smallest absolute Gasteiger partial charge is 0.335 e. The Bertz CT molecular complexity index is 1210. The number of carbonyl (C=O) groups excluding carboxylic acids is 2. The van der Waals surface area contributed by atoms with Crippen molar-refractivity contribution in [3.05, 3.63) is 71.0 Å². The number of carboxylic acid groups (broad SMARTS) is 1. The van der Waals surface area contributed by atoms with Gasteiger partial charge in [0, 0.05) is 49.4 Å². The number of hydrogen-bond donors (Lipinski definition) is 3. The van der Waals surface area contributed by atoms with Gasteiger partial charge in [0.2, 0.25) is 11.8 Å². The topological polar surface area (TPSA) is 142 Å². The van der Waals surface area contributed by atoms with Crippen molar-refractivity contribution in [2.45, 2.75) is 12.5 Å². The minimum atomic E-state index is -1.02. The maximum absolute atomic E-state index is 12.7. The number of tetrazole rings is 1. The van der Waals surface area contributed by atoms with Crippen LogP contribution in [0.15, 0.2) is 54.9 Å². The first-order valence-electron chi connectivity index (χ1n) is 10.5. The number of nitrogens with one attached hydrogen (secondary N) is 2. The highest BCUT2D eigenvalue weighted by Gasteiger charge is 2.17. The zero-order valence-electron chi connectivity index (χ0n) is 19.1. The van der Waals surface area contributed by atoms with Gasteiger partial charge in [0.25, 0.3) is 0 Å². The lowest BCUT2D eigenvalue weighted by Crippen LogP contribution is -2.42. The van der Waals surface area contributed by atoms with Crippen LogP contribution < -0.4 is 10.6 Å². The number of carboxylic acids is 1.